The van der Waals surface area contributed by atoms with Crippen LogP contribution in [-0.2, 0) is 0 Å². The van der Waals surface area contributed by atoms with E-state index < -0.39 is 0 Å². The van der Waals surface area contributed by atoms with E-state index in [1.165, 1.54) is 11.3 Å². The molecule has 5 nitrogen and oxygen atoms in total. The predicted molar refractivity (Wildman–Crippen MR) is 87.8 cm³/mol. The van der Waals surface area contributed by atoms with Gasteiger partial charge in [0.1, 0.15) is 9.71 Å². The molecule has 2 rings (SSSR count). The largest absolute Gasteiger partial charge is 0.397 e. The maximum atomic E-state index is 12.4. The third-order valence-corrected chi connectivity index (χ3v) is 4.80. The number of nitrogen functional groups attached to an aromatic ring is 1. The van der Waals surface area contributed by atoms with Crippen LogP contribution in [0, 0.1) is 13.8 Å². The minimum atomic E-state index is -0.115. The van der Waals surface area contributed by atoms with E-state index in [1.807, 2.05) is 20.8 Å². The molecule has 0 radical (unpaired) electrons. The summed E-state index contributed by atoms with van der Waals surface area (Å²) in [5.74, 6) is -0.115. The molecule has 0 fully saturated rings. The van der Waals surface area contributed by atoms with Crippen molar-refractivity contribution in [3.05, 3.63) is 16.1 Å². The van der Waals surface area contributed by atoms with E-state index in [4.69, 9.17) is 5.73 Å². The first-order valence-electron chi connectivity index (χ1n) is 7.28. The lowest BCUT2D eigenvalue weighted by Crippen LogP contribution is -2.32. The van der Waals surface area contributed by atoms with Crippen LogP contribution in [0.15, 0.2) is 0 Å². The van der Waals surface area contributed by atoms with Gasteiger partial charge in [-0.1, -0.05) is 19.8 Å². The number of carbonyl (C=O) groups is 1. The summed E-state index contributed by atoms with van der Waals surface area (Å²) in [7, 11) is 0. The number of rotatable bonds is 5. The third-order valence-electron chi connectivity index (χ3n) is 3.71. The summed E-state index contributed by atoms with van der Waals surface area (Å²) < 4.78 is 0. The topological polar surface area (TPSA) is 80.9 Å². The number of hydrogen-bond acceptors (Lipinski definition) is 5. The highest BCUT2D eigenvalue weighted by molar-refractivity contribution is 7.21. The van der Waals surface area contributed by atoms with Crippen molar-refractivity contribution in [2.45, 2.75) is 53.0 Å². The van der Waals surface area contributed by atoms with Gasteiger partial charge < -0.3 is 11.1 Å². The second kappa shape index (κ2) is 6.39. The molecule has 21 heavy (non-hydrogen) atoms. The molecule has 0 aromatic carbocycles. The number of aryl methyl sites for hydroxylation is 2. The molecule has 3 N–H and O–H groups in total. The first-order chi connectivity index (χ1) is 9.95. The Morgan fingerprint density at radius 1 is 1.38 bits per heavy atom. The van der Waals surface area contributed by atoms with Crippen LogP contribution in [0.4, 0.5) is 5.69 Å². The quantitative estimate of drug-likeness (QED) is 0.889. The Bertz CT molecular complexity index is 665. The van der Waals surface area contributed by atoms with Gasteiger partial charge in [0.05, 0.1) is 11.4 Å². The Labute approximate surface area is 128 Å². The van der Waals surface area contributed by atoms with Gasteiger partial charge in [-0.25, -0.2) is 0 Å². The van der Waals surface area contributed by atoms with Gasteiger partial charge in [0.25, 0.3) is 5.91 Å². The van der Waals surface area contributed by atoms with Gasteiger partial charge >= 0.3 is 0 Å². The molecule has 0 saturated heterocycles. The summed E-state index contributed by atoms with van der Waals surface area (Å²) >= 11 is 1.31. The van der Waals surface area contributed by atoms with Crippen molar-refractivity contribution in [3.8, 4) is 0 Å². The molecule has 0 spiro atoms. The van der Waals surface area contributed by atoms with Crippen molar-refractivity contribution in [1.29, 1.82) is 0 Å². The van der Waals surface area contributed by atoms with Crippen molar-refractivity contribution < 1.29 is 4.79 Å². The SMILES string of the molecule is CCCCC(C)NC(=O)c1sc2nnc(C)c(C)c2c1N. The number of carbonyl (C=O) groups excluding carboxylic acids is 1. The number of nitrogens with two attached hydrogens (primary N) is 1. The summed E-state index contributed by atoms with van der Waals surface area (Å²) in [5, 5.41) is 12.1. The third kappa shape index (κ3) is 3.15. The number of aromatic nitrogens is 2. The number of amides is 1. The van der Waals surface area contributed by atoms with Crippen molar-refractivity contribution in [3.63, 3.8) is 0 Å². The maximum Gasteiger partial charge on any atom is 0.263 e. The lowest BCUT2D eigenvalue weighted by Gasteiger charge is -2.12. The Morgan fingerprint density at radius 3 is 2.76 bits per heavy atom. The van der Waals surface area contributed by atoms with Crippen LogP contribution >= 0.6 is 11.3 Å². The monoisotopic (exact) mass is 306 g/mol. The highest BCUT2D eigenvalue weighted by Gasteiger charge is 2.20. The van der Waals surface area contributed by atoms with Gasteiger partial charge in [0.15, 0.2) is 0 Å². The van der Waals surface area contributed by atoms with Crippen molar-refractivity contribution >= 4 is 33.1 Å². The lowest BCUT2D eigenvalue weighted by atomic mass is 10.1. The number of thiophene rings is 1. The van der Waals surface area contributed by atoms with Gasteiger partial charge in [-0.2, -0.15) is 5.10 Å². The van der Waals surface area contributed by atoms with Crippen molar-refractivity contribution in [2.24, 2.45) is 0 Å². The lowest BCUT2D eigenvalue weighted by molar-refractivity contribution is 0.0943. The molecule has 1 unspecified atom stereocenters. The zero-order valence-corrected chi connectivity index (χ0v) is 13.8. The normalized spacial score (nSPS) is 12.6. The number of hydrogen-bond donors (Lipinski definition) is 2. The van der Waals surface area contributed by atoms with E-state index in [2.05, 4.69) is 22.4 Å². The molecule has 0 aliphatic heterocycles. The zero-order chi connectivity index (χ0) is 15.6. The molecule has 0 bridgehead atoms. The standard InChI is InChI=1S/C15H22N4OS/c1-5-6-7-8(2)17-14(20)13-12(16)11-9(3)10(4)18-19-15(11)21-13/h8H,5-7,16H2,1-4H3,(H,17,20). The maximum absolute atomic E-state index is 12.4. The molecule has 2 aromatic heterocycles. The van der Waals surface area contributed by atoms with Gasteiger partial charge in [-0.3, -0.25) is 4.79 Å². The number of nitrogens with zero attached hydrogens (tertiary/aromatic N) is 2. The number of anilines is 1. The first kappa shape index (κ1) is 15.7. The molecule has 0 aliphatic rings. The van der Waals surface area contributed by atoms with Crippen LogP contribution in [0.1, 0.15) is 54.0 Å². The van der Waals surface area contributed by atoms with Crippen LogP contribution < -0.4 is 11.1 Å². The van der Waals surface area contributed by atoms with Crippen LogP contribution in [0.3, 0.4) is 0 Å². The molecule has 114 valence electrons. The van der Waals surface area contributed by atoms with Gasteiger partial charge in [-0.15, -0.1) is 16.4 Å². The van der Waals surface area contributed by atoms with Crippen molar-refractivity contribution in [2.75, 3.05) is 5.73 Å². The summed E-state index contributed by atoms with van der Waals surface area (Å²) in [5.41, 5.74) is 8.52. The second-order valence-electron chi connectivity index (χ2n) is 5.45. The van der Waals surface area contributed by atoms with E-state index in [9.17, 15) is 4.79 Å². The van der Waals surface area contributed by atoms with E-state index >= 15 is 0 Å². The Hall–Kier alpha value is -1.69. The molecule has 1 amide bonds. The highest BCUT2D eigenvalue weighted by Crippen LogP contribution is 2.34. The molecule has 2 heterocycles. The number of fused-ring (bicyclic) bond motifs is 1. The molecule has 0 aliphatic carbocycles. The van der Waals surface area contributed by atoms with E-state index in [0.29, 0.717) is 10.6 Å². The zero-order valence-electron chi connectivity index (χ0n) is 13.0. The van der Waals surface area contributed by atoms with Gasteiger partial charge in [0.2, 0.25) is 0 Å². The minimum absolute atomic E-state index is 0.115. The van der Waals surface area contributed by atoms with E-state index in [-0.39, 0.29) is 11.9 Å². The van der Waals surface area contributed by atoms with Crippen molar-refractivity contribution in [1.82, 2.24) is 15.5 Å². The molecule has 2 aromatic rings. The fourth-order valence-corrected chi connectivity index (χ4v) is 3.28. The summed E-state index contributed by atoms with van der Waals surface area (Å²) in [6.07, 6.45) is 3.21. The smallest absolute Gasteiger partial charge is 0.263 e. The molecule has 6 heteroatoms. The Balaban J connectivity index is 2.28. The Kier molecular flexibility index (Phi) is 4.77. The van der Waals surface area contributed by atoms with Crippen LogP contribution in [0.5, 0.6) is 0 Å². The molecular weight excluding hydrogens is 284 g/mol. The van der Waals surface area contributed by atoms with E-state index in [1.54, 1.807) is 0 Å². The van der Waals surface area contributed by atoms with Crippen LogP contribution in [0.2, 0.25) is 0 Å². The molecule has 1 atom stereocenters. The molecular formula is C15H22N4OS. The Morgan fingerprint density at radius 2 is 2.10 bits per heavy atom. The fourth-order valence-electron chi connectivity index (χ4n) is 2.28. The summed E-state index contributed by atoms with van der Waals surface area (Å²) in [6, 6.07) is 0.149. The summed E-state index contributed by atoms with van der Waals surface area (Å²) in [4.78, 5) is 13.6. The first-order valence-corrected chi connectivity index (χ1v) is 8.10. The van der Waals surface area contributed by atoms with Gasteiger partial charge in [-0.05, 0) is 32.8 Å². The minimum Gasteiger partial charge on any atom is -0.397 e. The molecule has 0 saturated carbocycles. The van der Waals surface area contributed by atoms with Crippen LogP contribution in [0.25, 0.3) is 10.2 Å². The predicted octanol–water partition coefficient (Wildman–Crippen LogP) is 3.20. The highest BCUT2D eigenvalue weighted by atomic mass is 32.1. The fraction of sp³-hybridized carbons (Fsp3) is 0.533. The van der Waals surface area contributed by atoms with Crippen LogP contribution in [-0.4, -0.2) is 22.1 Å². The second-order valence-corrected chi connectivity index (χ2v) is 6.45. The van der Waals surface area contributed by atoms with Gasteiger partial charge in [0, 0.05) is 11.4 Å². The average molecular weight is 306 g/mol. The summed E-state index contributed by atoms with van der Waals surface area (Å²) in [6.45, 7) is 8.01. The average Bonchev–Trinajstić information content (AvgIpc) is 2.78. The number of unbranched alkanes of at least 4 members (excludes halogenated alkanes) is 1. The number of nitrogens with one attached hydrogen (secondary N) is 1. The van der Waals surface area contributed by atoms with E-state index in [0.717, 1.165) is 40.7 Å².